The second kappa shape index (κ2) is 15.4. The van der Waals surface area contributed by atoms with Gasteiger partial charge in [-0.3, -0.25) is 4.90 Å². The smallest absolute Gasteiger partial charge is 0.238 e. The van der Waals surface area contributed by atoms with Gasteiger partial charge in [0.25, 0.3) is 0 Å². The number of anilines is 3. The summed E-state index contributed by atoms with van der Waals surface area (Å²) in [5.41, 5.74) is 15.7. The van der Waals surface area contributed by atoms with Gasteiger partial charge in [0.2, 0.25) is 5.95 Å². The maximum absolute atomic E-state index is 5.46. The molecule has 4 aromatic heterocycles. The summed E-state index contributed by atoms with van der Waals surface area (Å²) in [5.74, 6) is 1.75. The first-order chi connectivity index (χ1) is 35.2. The van der Waals surface area contributed by atoms with Gasteiger partial charge in [-0.05, 0) is 77.2 Å². The summed E-state index contributed by atoms with van der Waals surface area (Å²) in [6, 6.07) is 83.9. The second-order valence-electron chi connectivity index (χ2n) is 18.2. The minimum Gasteiger partial charge on any atom is -0.307 e. The van der Waals surface area contributed by atoms with Gasteiger partial charge in [0, 0.05) is 60.4 Å². The number of hydrogen-bond donors (Lipinski definition) is 0. The lowest BCUT2D eigenvalue weighted by atomic mass is 9.91. The molecule has 0 fully saturated rings. The molecule has 0 saturated carbocycles. The van der Waals surface area contributed by atoms with Crippen LogP contribution >= 0.6 is 0 Å². The van der Waals surface area contributed by atoms with E-state index < -0.39 is 0 Å². The molecule has 0 bridgehead atoms. The van der Waals surface area contributed by atoms with Crippen LogP contribution in [0, 0.1) is 0 Å². The molecular weight excluding hydrogens is 867 g/mol. The van der Waals surface area contributed by atoms with E-state index in [1.807, 2.05) is 60.7 Å². The number of nitrogens with zero attached hydrogens (tertiary/aromatic N) is 7. The van der Waals surface area contributed by atoms with Gasteiger partial charge in [-0.2, -0.15) is 9.97 Å². The third-order valence-corrected chi connectivity index (χ3v) is 14.3. The molecule has 0 atom stereocenters. The lowest BCUT2D eigenvalue weighted by Gasteiger charge is -2.32. The predicted octanol–water partition coefficient (Wildman–Crippen LogP) is 16.2. The van der Waals surface area contributed by atoms with Gasteiger partial charge in [0.05, 0.1) is 44.7 Å². The SMILES string of the molecule is c1ccc(-c2nc(-c3ccccc3)nc(N3c4ccc(-c5ccc(-n6c7ccccc7c7ccc8c9ccccc9n(-c9ccccc9)c8c76)cc5)cc4-c4nc5ccccc5c5cccc3c45)n2)cc1. The zero-order valence-corrected chi connectivity index (χ0v) is 38.1. The highest BCUT2D eigenvalue weighted by Gasteiger charge is 2.31. The van der Waals surface area contributed by atoms with E-state index >= 15 is 0 Å². The van der Waals surface area contributed by atoms with Crippen LogP contribution in [0.25, 0.3) is 122 Å². The second-order valence-corrected chi connectivity index (χ2v) is 18.2. The van der Waals surface area contributed by atoms with Crippen molar-refractivity contribution in [2.75, 3.05) is 4.90 Å². The summed E-state index contributed by atoms with van der Waals surface area (Å²) in [6.45, 7) is 0. The first kappa shape index (κ1) is 39.3. The van der Waals surface area contributed by atoms with Crippen LogP contribution in [-0.2, 0) is 0 Å². The minimum atomic E-state index is 0.536. The molecule has 0 aliphatic carbocycles. The molecule has 0 spiro atoms. The van der Waals surface area contributed by atoms with Crippen LogP contribution < -0.4 is 4.90 Å². The Balaban J connectivity index is 0.931. The quantitative estimate of drug-likeness (QED) is 0.156. The Labute approximate surface area is 407 Å². The average Bonchev–Trinajstić information content (AvgIpc) is 3.97. The van der Waals surface area contributed by atoms with E-state index in [-0.39, 0.29) is 0 Å². The van der Waals surface area contributed by atoms with Crippen LogP contribution in [0.2, 0.25) is 0 Å². The number of aromatic nitrogens is 6. The molecule has 10 aromatic carbocycles. The molecule has 15 rings (SSSR count). The van der Waals surface area contributed by atoms with Crippen LogP contribution in [0.3, 0.4) is 0 Å². The van der Waals surface area contributed by atoms with E-state index in [9.17, 15) is 0 Å². The summed E-state index contributed by atoms with van der Waals surface area (Å²) in [7, 11) is 0. The lowest BCUT2D eigenvalue weighted by Crippen LogP contribution is -2.19. The van der Waals surface area contributed by atoms with Crippen LogP contribution in [0.5, 0.6) is 0 Å². The molecule has 0 N–H and O–H groups in total. The third kappa shape index (κ3) is 5.96. The average molecular weight is 906 g/mol. The largest absolute Gasteiger partial charge is 0.307 e. The van der Waals surface area contributed by atoms with Crippen molar-refractivity contribution >= 4 is 82.6 Å². The predicted molar refractivity (Wildman–Crippen MR) is 291 cm³/mol. The van der Waals surface area contributed by atoms with Gasteiger partial charge < -0.3 is 9.13 Å². The molecule has 330 valence electrons. The van der Waals surface area contributed by atoms with Crippen molar-refractivity contribution in [2.45, 2.75) is 0 Å². The Kier molecular flexibility index (Phi) is 8.52. The van der Waals surface area contributed by atoms with Crippen LogP contribution in [0.4, 0.5) is 17.3 Å². The summed E-state index contributed by atoms with van der Waals surface area (Å²) in [5, 5.41) is 8.17. The first-order valence-corrected chi connectivity index (χ1v) is 24.0. The van der Waals surface area contributed by atoms with Crippen LogP contribution in [0.1, 0.15) is 0 Å². The Morgan fingerprint density at radius 2 is 0.831 bits per heavy atom. The van der Waals surface area contributed by atoms with Gasteiger partial charge in [0.1, 0.15) is 0 Å². The standard InChI is InChI=1S/C64H39N7/c1-4-17-41(18-5-1)62-66-63(42-19-6-2-7-20-42)68-64(67-62)71-56-38-33-43(39-52(56)59-58-49(26-16-30-57(58)71)46-23-10-13-27-53(46)65-59)40-31-34-45(35-32-40)70-55-29-15-12-25-48(55)51-37-36-50-47-24-11-14-28-54(47)69(60(50)61(51)70)44-21-8-3-9-22-44/h1-39H. The molecule has 1 aliphatic heterocycles. The maximum Gasteiger partial charge on any atom is 0.238 e. The lowest BCUT2D eigenvalue weighted by molar-refractivity contribution is 1.02. The fourth-order valence-electron chi connectivity index (χ4n) is 11.1. The molecule has 7 nitrogen and oxygen atoms in total. The van der Waals surface area contributed by atoms with Crippen molar-refractivity contribution in [3.8, 4) is 56.5 Å². The molecule has 0 saturated heterocycles. The van der Waals surface area contributed by atoms with E-state index in [0.717, 1.165) is 83.5 Å². The van der Waals surface area contributed by atoms with Gasteiger partial charge in [-0.1, -0.05) is 176 Å². The van der Waals surface area contributed by atoms with E-state index in [0.29, 0.717) is 17.6 Å². The van der Waals surface area contributed by atoms with Crippen LogP contribution in [0.15, 0.2) is 237 Å². The van der Waals surface area contributed by atoms with E-state index in [1.54, 1.807) is 0 Å². The number of pyridine rings is 1. The fourth-order valence-corrected chi connectivity index (χ4v) is 11.1. The number of rotatable bonds is 6. The molecule has 0 radical (unpaired) electrons. The van der Waals surface area contributed by atoms with Crippen molar-refractivity contribution < 1.29 is 0 Å². The van der Waals surface area contributed by atoms with Crippen molar-refractivity contribution in [3.63, 3.8) is 0 Å². The number of fused-ring (bicyclic) bond motifs is 11. The molecule has 14 aromatic rings. The Bertz CT molecular complexity index is 4390. The summed E-state index contributed by atoms with van der Waals surface area (Å²) >= 11 is 0. The fraction of sp³-hybridized carbons (Fsp3) is 0. The first-order valence-electron chi connectivity index (χ1n) is 24.0. The van der Waals surface area contributed by atoms with Gasteiger partial charge in [-0.15, -0.1) is 0 Å². The van der Waals surface area contributed by atoms with E-state index in [2.05, 4.69) is 190 Å². The van der Waals surface area contributed by atoms with Gasteiger partial charge >= 0.3 is 0 Å². The number of benzene rings is 10. The Morgan fingerprint density at radius 1 is 0.310 bits per heavy atom. The number of para-hydroxylation sites is 4. The third-order valence-electron chi connectivity index (χ3n) is 14.3. The molecular formula is C64H39N7. The van der Waals surface area contributed by atoms with E-state index in [4.69, 9.17) is 19.9 Å². The summed E-state index contributed by atoms with van der Waals surface area (Å²) in [4.78, 5) is 23.2. The molecule has 7 heteroatoms. The van der Waals surface area contributed by atoms with E-state index in [1.165, 1.54) is 38.1 Å². The highest BCUT2D eigenvalue weighted by molar-refractivity contribution is 6.24. The molecule has 5 heterocycles. The Morgan fingerprint density at radius 3 is 1.46 bits per heavy atom. The summed E-state index contributed by atoms with van der Waals surface area (Å²) < 4.78 is 4.89. The van der Waals surface area contributed by atoms with Crippen molar-refractivity contribution in [2.24, 2.45) is 0 Å². The zero-order valence-electron chi connectivity index (χ0n) is 38.1. The highest BCUT2D eigenvalue weighted by Crippen LogP contribution is 2.52. The molecule has 0 amide bonds. The molecule has 71 heavy (non-hydrogen) atoms. The van der Waals surface area contributed by atoms with Crippen molar-refractivity contribution in [3.05, 3.63) is 237 Å². The molecule has 0 unspecified atom stereocenters. The monoisotopic (exact) mass is 905 g/mol. The Hall–Kier alpha value is -9.72. The molecule has 1 aliphatic rings. The van der Waals surface area contributed by atoms with Crippen molar-refractivity contribution in [1.29, 1.82) is 0 Å². The highest BCUT2D eigenvalue weighted by atomic mass is 15.3. The van der Waals surface area contributed by atoms with Crippen LogP contribution in [-0.4, -0.2) is 29.1 Å². The van der Waals surface area contributed by atoms with Gasteiger partial charge in [-0.25, -0.2) is 9.97 Å². The number of hydrogen-bond acceptors (Lipinski definition) is 5. The normalized spacial score (nSPS) is 12.2. The minimum absolute atomic E-state index is 0.536. The summed E-state index contributed by atoms with van der Waals surface area (Å²) in [6.07, 6.45) is 0. The zero-order chi connectivity index (χ0) is 46.6. The van der Waals surface area contributed by atoms with Crippen molar-refractivity contribution in [1.82, 2.24) is 29.1 Å². The maximum atomic E-state index is 5.46. The topological polar surface area (TPSA) is 64.7 Å². The van der Waals surface area contributed by atoms with Gasteiger partial charge in [0.15, 0.2) is 11.6 Å².